The van der Waals surface area contributed by atoms with E-state index in [1.54, 1.807) is 17.2 Å². The van der Waals surface area contributed by atoms with Crippen LogP contribution in [-0.4, -0.2) is 24.1 Å². The molecule has 0 amide bonds. The van der Waals surface area contributed by atoms with Gasteiger partial charge in [0, 0.05) is 13.1 Å². The molecule has 1 aromatic carbocycles. The molecule has 0 bridgehead atoms. The van der Waals surface area contributed by atoms with Crippen molar-refractivity contribution < 1.29 is 9.63 Å². The molecular weight excluding hydrogens is 202 g/mol. The van der Waals surface area contributed by atoms with Gasteiger partial charge in [-0.1, -0.05) is 32.0 Å². The van der Waals surface area contributed by atoms with Gasteiger partial charge in [-0.25, -0.2) is 4.79 Å². The van der Waals surface area contributed by atoms with E-state index in [0.29, 0.717) is 5.56 Å². The molecular formula is C13H19NO2. The molecule has 3 nitrogen and oxygen atoms in total. The first-order valence-electron chi connectivity index (χ1n) is 5.80. The first kappa shape index (κ1) is 12.7. The number of carbonyl (C=O) groups excluding carboxylic acids is 1. The summed E-state index contributed by atoms with van der Waals surface area (Å²) in [5.74, 6) is -0.275. The zero-order valence-electron chi connectivity index (χ0n) is 9.98. The highest BCUT2D eigenvalue weighted by Crippen LogP contribution is 2.04. The Morgan fingerprint density at radius 3 is 2.19 bits per heavy atom. The van der Waals surface area contributed by atoms with Crippen molar-refractivity contribution in [3.63, 3.8) is 0 Å². The molecule has 0 fully saturated rings. The highest BCUT2D eigenvalue weighted by molar-refractivity contribution is 5.89. The number of hydroxylamine groups is 2. The third-order valence-corrected chi connectivity index (χ3v) is 2.17. The number of rotatable bonds is 6. The Morgan fingerprint density at radius 2 is 1.69 bits per heavy atom. The molecule has 0 spiro atoms. The van der Waals surface area contributed by atoms with Crippen LogP contribution in [0.25, 0.3) is 0 Å². The fourth-order valence-corrected chi connectivity index (χ4v) is 1.45. The maximum atomic E-state index is 11.7. The summed E-state index contributed by atoms with van der Waals surface area (Å²) in [6, 6.07) is 9.07. The molecule has 0 aliphatic heterocycles. The Hall–Kier alpha value is -1.35. The highest BCUT2D eigenvalue weighted by atomic mass is 16.7. The molecule has 88 valence electrons. The van der Waals surface area contributed by atoms with Gasteiger partial charge < -0.3 is 4.84 Å². The van der Waals surface area contributed by atoms with Crippen molar-refractivity contribution in [2.45, 2.75) is 26.7 Å². The van der Waals surface area contributed by atoms with Crippen molar-refractivity contribution in [3.05, 3.63) is 35.9 Å². The van der Waals surface area contributed by atoms with Gasteiger partial charge in [-0.2, -0.15) is 0 Å². The second-order valence-electron chi connectivity index (χ2n) is 3.67. The summed E-state index contributed by atoms with van der Waals surface area (Å²) in [5, 5.41) is 1.73. The fourth-order valence-electron chi connectivity index (χ4n) is 1.45. The quantitative estimate of drug-likeness (QED) is 0.692. The minimum atomic E-state index is -0.275. The average Bonchev–Trinajstić information content (AvgIpc) is 2.31. The van der Waals surface area contributed by atoms with E-state index in [1.165, 1.54) is 0 Å². The van der Waals surface area contributed by atoms with Crippen LogP contribution in [0.3, 0.4) is 0 Å². The van der Waals surface area contributed by atoms with Crippen LogP contribution in [-0.2, 0) is 4.84 Å². The van der Waals surface area contributed by atoms with E-state index in [2.05, 4.69) is 13.8 Å². The number of benzene rings is 1. The van der Waals surface area contributed by atoms with E-state index in [1.807, 2.05) is 18.2 Å². The van der Waals surface area contributed by atoms with Crippen LogP contribution in [0.1, 0.15) is 37.0 Å². The van der Waals surface area contributed by atoms with Gasteiger partial charge in [0.25, 0.3) is 0 Å². The Morgan fingerprint density at radius 1 is 1.12 bits per heavy atom. The van der Waals surface area contributed by atoms with Gasteiger partial charge in [0.2, 0.25) is 0 Å². The zero-order chi connectivity index (χ0) is 11.8. The molecule has 0 radical (unpaired) electrons. The minimum Gasteiger partial charge on any atom is -0.364 e. The summed E-state index contributed by atoms with van der Waals surface area (Å²) in [7, 11) is 0. The van der Waals surface area contributed by atoms with Crippen LogP contribution in [0.2, 0.25) is 0 Å². The summed E-state index contributed by atoms with van der Waals surface area (Å²) >= 11 is 0. The molecule has 0 unspecified atom stereocenters. The molecule has 0 saturated heterocycles. The van der Waals surface area contributed by atoms with Crippen molar-refractivity contribution >= 4 is 5.97 Å². The summed E-state index contributed by atoms with van der Waals surface area (Å²) in [6.07, 6.45) is 1.95. The van der Waals surface area contributed by atoms with E-state index in [4.69, 9.17) is 4.84 Å². The normalized spacial score (nSPS) is 10.4. The summed E-state index contributed by atoms with van der Waals surface area (Å²) in [6.45, 7) is 5.71. The predicted molar refractivity (Wildman–Crippen MR) is 64.0 cm³/mol. The van der Waals surface area contributed by atoms with Crippen molar-refractivity contribution in [1.29, 1.82) is 0 Å². The smallest absolute Gasteiger partial charge is 0.357 e. The second-order valence-corrected chi connectivity index (χ2v) is 3.67. The molecule has 0 atom stereocenters. The Labute approximate surface area is 97.0 Å². The minimum absolute atomic E-state index is 0.275. The zero-order valence-corrected chi connectivity index (χ0v) is 9.98. The van der Waals surface area contributed by atoms with Gasteiger partial charge in [-0.3, -0.25) is 0 Å². The van der Waals surface area contributed by atoms with Crippen LogP contribution < -0.4 is 0 Å². The number of carbonyl (C=O) groups is 1. The van der Waals surface area contributed by atoms with Crippen LogP contribution in [0, 0.1) is 0 Å². The van der Waals surface area contributed by atoms with Crippen molar-refractivity contribution in [3.8, 4) is 0 Å². The molecule has 0 aliphatic carbocycles. The summed E-state index contributed by atoms with van der Waals surface area (Å²) in [4.78, 5) is 17.1. The molecule has 0 heterocycles. The molecule has 0 aliphatic rings. The van der Waals surface area contributed by atoms with Gasteiger partial charge >= 0.3 is 5.97 Å². The molecule has 0 saturated carbocycles. The lowest BCUT2D eigenvalue weighted by molar-refractivity contribution is -0.109. The fraction of sp³-hybridized carbons (Fsp3) is 0.462. The van der Waals surface area contributed by atoms with Gasteiger partial charge in [0.05, 0.1) is 5.56 Å². The van der Waals surface area contributed by atoms with E-state index in [0.717, 1.165) is 25.9 Å². The monoisotopic (exact) mass is 221 g/mol. The molecule has 1 rings (SSSR count). The summed E-state index contributed by atoms with van der Waals surface area (Å²) in [5.41, 5.74) is 0.597. The highest BCUT2D eigenvalue weighted by Gasteiger charge is 2.11. The number of nitrogens with zero attached hydrogens (tertiary/aromatic N) is 1. The van der Waals surface area contributed by atoms with Gasteiger partial charge in [0.1, 0.15) is 0 Å². The van der Waals surface area contributed by atoms with Crippen molar-refractivity contribution in [2.24, 2.45) is 0 Å². The van der Waals surface area contributed by atoms with Crippen LogP contribution in [0.4, 0.5) is 0 Å². The molecule has 0 aromatic heterocycles. The largest absolute Gasteiger partial charge is 0.364 e. The lowest BCUT2D eigenvalue weighted by Gasteiger charge is -2.19. The molecule has 16 heavy (non-hydrogen) atoms. The SMILES string of the molecule is CCCN(CCC)OC(=O)c1ccccc1. The third-order valence-electron chi connectivity index (χ3n) is 2.17. The third kappa shape index (κ3) is 4.03. The molecule has 0 N–H and O–H groups in total. The van der Waals surface area contributed by atoms with Gasteiger partial charge in [0.15, 0.2) is 0 Å². The Balaban J connectivity index is 2.54. The van der Waals surface area contributed by atoms with Crippen LogP contribution in [0.5, 0.6) is 0 Å². The maximum absolute atomic E-state index is 11.7. The number of hydrogen-bond donors (Lipinski definition) is 0. The topological polar surface area (TPSA) is 29.5 Å². The average molecular weight is 221 g/mol. The van der Waals surface area contributed by atoms with Gasteiger partial charge in [-0.05, 0) is 25.0 Å². The maximum Gasteiger partial charge on any atom is 0.357 e. The first-order valence-corrected chi connectivity index (χ1v) is 5.80. The standard InChI is InChI=1S/C13H19NO2/c1-3-10-14(11-4-2)16-13(15)12-8-6-5-7-9-12/h5-9H,3-4,10-11H2,1-2H3. The molecule has 3 heteroatoms. The first-order chi connectivity index (χ1) is 7.77. The predicted octanol–water partition coefficient (Wildman–Crippen LogP) is 2.88. The van der Waals surface area contributed by atoms with Gasteiger partial charge in [-0.15, -0.1) is 5.06 Å². The van der Waals surface area contributed by atoms with Crippen molar-refractivity contribution in [2.75, 3.05) is 13.1 Å². The lowest BCUT2D eigenvalue weighted by Crippen LogP contribution is -2.29. The Bertz CT molecular complexity index is 305. The van der Waals surface area contributed by atoms with E-state index < -0.39 is 0 Å². The number of hydrogen-bond acceptors (Lipinski definition) is 3. The lowest BCUT2D eigenvalue weighted by atomic mass is 10.2. The van der Waals surface area contributed by atoms with E-state index in [9.17, 15) is 4.79 Å². The van der Waals surface area contributed by atoms with Crippen molar-refractivity contribution in [1.82, 2.24) is 5.06 Å². The van der Waals surface area contributed by atoms with Crippen LogP contribution >= 0.6 is 0 Å². The molecule has 1 aromatic rings. The summed E-state index contributed by atoms with van der Waals surface area (Å²) < 4.78 is 0. The van der Waals surface area contributed by atoms with E-state index >= 15 is 0 Å². The Kier molecular flexibility index (Phi) is 5.57. The van der Waals surface area contributed by atoms with Crippen LogP contribution in [0.15, 0.2) is 30.3 Å². The second kappa shape index (κ2) is 7.01. The van der Waals surface area contributed by atoms with E-state index in [-0.39, 0.29) is 5.97 Å².